The highest BCUT2D eigenvalue weighted by Gasteiger charge is 2.34. The van der Waals surface area contributed by atoms with Gasteiger partial charge in [-0.3, -0.25) is 33.6 Å². The SMILES string of the molecule is CCCC(CCC(=O)O)(CCC(=O)O)NC(=O)CCCC(=O)NC(CCC(=O)O)(CCC(=O)O)CCC(=O)O. The van der Waals surface area contributed by atoms with E-state index in [9.17, 15) is 33.6 Å². The summed E-state index contributed by atoms with van der Waals surface area (Å²) >= 11 is 0. The summed E-state index contributed by atoms with van der Waals surface area (Å²) in [7, 11) is 0. The van der Waals surface area contributed by atoms with Crippen LogP contribution in [-0.4, -0.2) is 78.3 Å². The predicted octanol–water partition coefficient (Wildman–Crippen LogP) is 1.99. The quantitative estimate of drug-likeness (QED) is 0.0948. The first-order valence-corrected chi connectivity index (χ1v) is 12.9. The number of rotatable bonds is 23. The maximum Gasteiger partial charge on any atom is 0.303 e. The fourth-order valence-corrected chi connectivity index (χ4v) is 4.46. The lowest BCUT2D eigenvalue weighted by Gasteiger charge is -2.35. The number of carboxylic acids is 5. The zero-order valence-corrected chi connectivity index (χ0v) is 22.2. The van der Waals surface area contributed by atoms with Crippen LogP contribution in [0.1, 0.15) is 103 Å². The van der Waals surface area contributed by atoms with Gasteiger partial charge in [0.25, 0.3) is 0 Å². The molecule has 0 aliphatic rings. The Morgan fingerprint density at radius 3 is 0.949 bits per heavy atom. The summed E-state index contributed by atoms with van der Waals surface area (Å²) in [6.07, 6.45) is -1.66. The third kappa shape index (κ3) is 16.7. The molecule has 0 radical (unpaired) electrons. The average Bonchev–Trinajstić information content (AvgIpc) is 2.82. The molecule has 39 heavy (non-hydrogen) atoms. The lowest BCUT2D eigenvalue weighted by molar-refractivity contribution is -0.140. The van der Waals surface area contributed by atoms with E-state index in [0.29, 0.717) is 12.8 Å². The molecule has 0 aromatic carbocycles. The van der Waals surface area contributed by atoms with Crippen LogP contribution >= 0.6 is 0 Å². The third-order valence-corrected chi connectivity index (χ3v) is 6.43. The summed E-state index contributed by atoms with van der Waals surface area (Å²) in [5.41, 5.74) is -2.41. The van der Waals surface area contributed by atoms with E-state index in [2.05, 4.69) is 10.6 Å². The minimum absolute atomic E-state index is 0.0323. The van der Waals surface area contributed by atoms with Crippen molar-refractivity contribution >= 4 is 41.7 Å². The van der Waals surface area contributed by atoms with E-state index in [1.165, 1.54) is 0 Å². The first-order valence-electron chi connectivity index (χ1n) is 12.9. The average molecular weight is 561 g/mol. The molecule has 0 rings (SSSR count). The van der Waals surface area contributed by atoms with Crippen LogP contribution in [0, 0.1) is 0 Å². The molecular weight excluding hydrogens is 520 g/mol. The van der Waals surface area contributed by atoms with E-state index in [1.807, 2.05) is 6.92 Å². The lowest BCUT2D eigenvalue weighted by Crippen LogP contribution is -2.50. The predicted molar refractivity (Wildman–Crippen MR) is 135 cm³/mol. The molecule has 14 nitrogen and oxygen atoms in total. The van der Waals surface area contributed by atoms with Gasteiger partial charge >= 0.3 is 29.8 Å². The van der Waals surface area contributed by atoms with Gasteiger partial charge in [0.05, 0.1) is 0 Å². The fourth-order valence-electron chi connectivity index (χ4n) is 4.46. The molecule has 7 N–H and O–H groups in total. The Morgan fingerprint density at radius 2 is 0.718 bits per heavy atom. The largest absolute Gasteiger partial charge is 0.481 e. The molecular formula is C25H40N2O12. The molecule has 0 atom stereocenters. The fraction of sp³-hybridized carbons (Fsp3) is 0.720. The Kier molecular flexibility index (Phi) is 16.0. The van der Waals surface area contributed by atoms with E-state index in [4.69, 9.17) is 25.5 Å². The number of carboxylic acid groups (broad SMARTS) is 5. The second-order valence-corrected chi connectivity index (χ2v) is 9.73. The molecule has 14 heteroatoms. The van der Waals surface area contributed by atoms with Crippen LogP contribution in [0.25, 0.3) is 0 Å². The van der Waals surface area contributed by atoms with Crippen LogP contribution in [0.3, 0.4) is 0 Å². The Balaban J connectivity index is 5.38. The molecule has 0 aromatic heterocycles. The van der Waals surface area contributed by atoms with E-state index >= 15 is 0 Å². The van der Waals surface area contributed by atoms with Crippen LogP contribution in [0.2, 0.25) is 0 Å². The van der Waals surface area contributed by atoms with Gasteiger partial charge in [0.2, 0.25) is 11.8 Å². The summed E-state index contributed by atoms with van der Waals surface area (Å²) in [6.45, 7) is 1.82. The standard InChI is InChI=1S/C25H40N2O12/c1-2-11-24(12-6-19(30)31,13-7-20(32)33)26-17(28)4-3-5-18(29)27-25(14-8-21(34)35,15-9-22(36)37)16-10-23(38)39/h2-16H2,1H3,(H,26,28)(H,27,29)(H,30,31)(H,32,33)(H,34,35)(H,36,37)(H,38,39). The van der Waals surface area contributed by atoms with Gasteiger partial charge in [-0.05, 0) is 44.9 Å². The molecule has 0 aliphatic heterocycles. The molecule has 222 valence electrons. The second-order valence-electron chi connectivity index (χ2n) is 9.73. The van der Waals surface area contributed by atoms with Gasteiger partial charge in [-0.25, -0.2) is 0 Å². The van der Waals surface area contributed by atoms with Gasteiger partial charge in [-0.2, -0.15) is 0 Å². The molecule has 0 heterocycles. The molecule has 0 bridgehead atoms. The molecule has 2 amide bonds. The van der Waals surface area contributed by atoms with E-state index in [-0.39, 0.29) is 64.2 Å². The first-order chi connectivity index (χ1) is 18.1. The third-order valence-electron chi connectivity index (χ3n) is 6.43. The van der Waals surface area contributed by atoms with Gasteiger partial charge in [0.15, 0.2) is 0 Å². The first kappa shape index (κ1) is 35.3. The van der Waals surface area contributed by atoms with Crippen molar-refractivity contribution < 1.29 is 59.1 Å². The van der Waals surface area contributed by atoms with Crippen molar-refractivity contribution in [1.29, 1.82) is 0 Å². The maximum absolute atomic E-state index is 12.7. The molecule has 0 aromatic rings. The van der Waals surface area contributed by atoms with Crippen LogP contribution in [0.5, 0.6) is 0 Å². The molecule has 0 saturated carbocycles. The number of carbonyl (C=O) groups is 7. The van der Waals surface area contributed by atoms with Crippen LogP contribution in [0.15, 0.2) is 0 Å². The van der Waals surface area contributed by atoms with Crippen LogP contribution in [-0.2, 0) is 33.6 Å². The summed E-state index contributed by atoms with van der Waals surface area (Å²) in [4.78, 5) is 81.0. The Bertz CT molecular complexity index is 823. The van der Waals surface area contributed by atoms with Crippen molar-refractivity contribution in [2.24, 2.45) is 0 Å². The minimum atomic E-state index is -1.38. The van der Waals surface area contributed by atoms with Crippen LogP contribution < -0.4 is 10.6 Å². The maximum atomic E-state index is 12.7. The highest BCUT2D eigenvalue weighted by molar-refractivity contribution is 5.80. The molecule has 0 aliphatic carbocycles. The van der Waals surface area contributed by atoms with E-state index in [0.717, 1.165) is 0 Å². The van der Waals surface area contributed by atoms with E-state index in [1.54, 1.807) is 0 Å². The van der Waals surface area contributed by atoms with Crippen molar-refractivity contribution in [2.75, 3.05) is 0 Å². The van der Waals surface area contributed by atoms with Crippen molar-refractivity contribution in [1.82, 2.24) is 10.6 Å². The number of hydrogen-bond acceptors (Lipinski definition) is 7. The molecule has 0 unspecified atom stereocenters. The number of amides is 2. The van der Waals surface area contributed by atoms with Gasteiger partial charge in [-0.1, -0.05) is 13.3 Å². The Hall–Kier alpha value is -3.71. The van der Waals surface area contributed by atoms with Crippen LogP contribution in [0.4, 0.5) is 0 Å². The zero-order chi connectivity index (χ0) is 30.1. The van der Waals surface area contributed by atoms with Crippen molar-refractivity contribution in [3.63, 3.8) is 0 Å². The number of carbonyl (C=O) groups excluding carboxylic acids is 2. The molecule has 0 spiro atoms. The second kappa shape index (κ2) is 17.7. The zero-order valence-electron chi connectivity index (χ0n) is 22.2. The molecule has 0 fully saturated rings. The van der Waals surface area contributed by atoms with Gasteiger partial charge in [0.1, 0.15) is 0 Å². The number of hydrogen-bond donors (Lipinski definition) is 7. The summed E-state index contributed by atoms with van der Waals surface area (Å²) in [6, 6.07) is 0. The van der Waals surface area contributed by atoms with Crippen molar-refractivity contribution in [3.05, 3.63) is 0 Å². The van der Waals surface area contributed by atoms with Gasteiger partial charge in [-0.15, -0.1) is 0 Å². The van der Waals surface area contributed by atoms with Crippen molar-refractivity contribution in [3.8, 4) is 0 Å². The Labute approximate surface area is 226 Å². The van der Waals surface area contributed by atoms with E-state index < -0.39 is 72.0 Å². The van der Waals surface area contributed by atoms with Gasteiger partial charge < -0.3 is 36.2 Å². The summed E-state index contributed by atoms with van der Waals surface area (Å²) in [5, 5.41) is 50.8. The topological polar surface area (TPSA) is 245 Å². The Morgan fingerprint density at radius 1 is 0.462 bits per heavy atom. The minimum Gasteiger partial charge on any atom is -0.481 e. The highest BCUT2D eigenvalue weighted by Crippen LogP contribution is 2.28. The van der Waals surface area contributed by atoms with Crippen molar-refractivity contribution in [2.45, 2.75) is 114 Å². The summed E-state index contributed by atoms with van der Waals surface area (Å²) in [5.74, 6) is -6.88. The summed E-state index contributed by atoms with van der Waals surface area (Å²) < 4.78 is 0. The molecule has 0 saturated heterocycles. The number of nitrogens with one attached hydrogen (secondary N) is 2. The normalized spacial score (nSPS) is 11.4. The lowest BCUT2D eigenvalue weighted by atomic mass is 9.83. The monoisotopic (exact) mass is 560 g/mol. The number of aliphatic carboxylic acids is 5. The highest BCUT2D eigenvalue weighted by atomic mass is 16.4. The smallest absolute Gasteiger partial charge is 0.303 e. The van der Waals surface area contributed by atoms with Gasteiger partial charge in [0, 0.05) is 56.0 Å².